The largest absolute Gasteiger partial charge is 0.494 e. The molecular formula is C15H20FNO2. The molecule has 1 aliphatic carbocycles. The average Bonchev–Trinajstić information content (AvgIpc) is 2.68. The molecule has 19 heavy (non-hydrogen) atoms. The molecule has 104 valence electrons. The summed E-state index contributed by atoms with van der Waals surface area (Å²) in [6, 6.07) is 4.46. The summed E-state index contributed by atoms with van der Waals surface area (Å²) >= 11 is 0. The first-order valence-electron chi connectivity index (χ1n) is 6.56. The van der Waals surface area contributed by atoms with Crippen molar-refractivity contribution in [2.45, 2.75) is 39.2 Å². The van der Waals surface area contributed by atoms with Crippen molar-refractivity contribution in [1.82, 2.24) is 5.32 Å². The molecule has 1 unspecified atom stereocenters. The maximum absolute atomic E-state index is 13.5. The molecule has 1 aromatic carbocycles. The van der Waals surface area contributed by atoms with Crippen molar-refractivity contribution in [3.05, 3.63) is 29.6 Å². The Morgan fingerprint density at radius 3 is 2.74 bits per heavy atom. The molecule has 0 saturated heterocycles. The maximum Gasteiger partial charge on any atom is 0.251 e. The normalized spacial score (nSPS) is 21.2. The number of hydrogen-bond acceptors (Lipinski definition) is 2. The van der Waals surface area contributed by atoms with Crippen LogP contribution in [0.15, 0.2) is 18.2 Å². The summed E-state index contributed by atoms with van der Waals surface area (Å²) in [6.07, 6.45) is 3.06. The highest BCUT2D eigenvalue weighted by molar-refractivity contribution is 5.94. The number of rotatable bonds is 3. The van der Waals surface area contributed by atoms with Gasteiger partial charge in [-0.2, -0.15) is 0 Å². The van der Waals surface area contributed by atoms with E-state index in [9.17, 15) is 9.18 Å². The highest BCUT2D eigenvalue weighted by atomic mass is 19.1. The lowest BCUT2D eigenvalue weighted by Crippen LogP contribution is -2.33. The van der Waals surface area contributed by atoms with E-state index < -0.39 is 5.82 Å². The summed E-state index contributed by atoms with van der Waals surface area (Å²) in [4.78, 5) is 12.0. The fraction of sp³-hybridized carbons (Fsp3) is 0.533. The number of nitrogens with one attached hydrogen (secondary N) is 1. The molecule has 2 rings (SSSR count). The molecule has 4 heteroatoms. The Balaban J connectivity index is 2.02. The van der Waals surface area contributed by atoms with Crippen LogP contribution >= 0.6 is 0 Å². The summed E-state index contributed by atoms with van der Waals surface area (Å²) in [7, 11) is 1.40. The van der Waals surface area contributed by atoms with Crippen molar-refractivity contribution in [3.63, 3.8) is 0 Å². The highest BCUT2D eigenvalue weighted by Crippen LogP contribution is 2.37. The van der Waals surface area contributed by atoms with Crippen LogP contribution in [0.4, 0.5) is 4.39 Å². The van der Waals surface area contributed by atoms with Gasteiger partial charge in [-0.15, -0.1) is 0 Å². The number of ether oxygens (including phenoxy) is 1. The Bertz CT molecular complexity index is 485. The maximum atomic E-state index is 13.5. The number of amides is 1. The third kappa shape index (κ3) is 3.25. The molecule has 1 saturated carbocycles. The molecule has 3 nitrogen and oxygen atoms in total. The molecule has 0 heterocycles. The predicted octanol–water partition coefficient (Wildman–Crippen LogP) is 3.14. The van der Waals surface area contributed by atoms with Crippen LogP contribution in [0.1, 0.15) is 43.5 Å². The highest BCUT2D eigenvalue weighted by Gasteiger charge is 2.31. The van der Waals surface area contributed by atoms with Crippen LogP contribution < -0.4 is 10.1 Å². The molecule has 1 aromatic rings. The zero-order valence-electron chi connectivity index (χ0n) is 11.6. The SMILES string of the molecule is COc1ccc(C(=O)NC2CCC(C)(C)C2)cc1F. The van der Waals surface area contributed by atoms with Gasteiger partial charge in [-0.25, -0.2) is 4.39 Å². The van der Waals surface area contributed by atoms with Gasteiger partial charge in [0, 0.05) is 11.6 Å². The smallest absolute Gasteiger partial charge is 0.251 e. The Hall–Kier alpha value is -1.58. The second-order valence-corrected chi connectivity index (χ2v) is 5.93. The van der Waals surface area contributed by atoms with Gasteiger partial charge in [-0.3, -0.25) is 4.79 Å². The van der Waals surface area contributed by atoms with Gasteiger partial charge in [-0.1, -0.05) is 13.8 Å². The first-order valence-corrected chi connectivity index (χ1v) is 6.56. The molecule has 1 aliphatic rings. The van der Waals surface area contributed by atoms with E-state index in [4.69, 9.17) is 4.74 Å². The van der Waals surface area contributed by atoms with Crippen LogP contribution in [0.5, 0.6) is 5.75 Å². The fourth-order valence-corrected chi connectivity index (χ4v) is 2.64. The van der Waals surface area contributed by atoms with Crippen molar-refractivity contribution in [2.24, 2.45) is 5.41 Å². The lowest BCUT2D eigenvalue weighted by molar-refractivity contribution is 0.0935. The molecule has 1 N–H and O–H groups in total. The van der Waals surface area contributed by atoms with Gasteiger partial charge in [0.15, 0.2) is 11.6 Å². The van der Waals surface area contributed by atoms with Crippen LogP contribution in [-0.2, 0) is 0 Å². The number of benzene rings is 1. The van der Waals surface area contributed by atoms with E-state index in [2.05, 4.69) is 19.2 Å². The van der Waals surface area contributed by atoms with Gasteiger partial charge in [-0.05, 0) is 42.9 Å². The second kappa shape index (κ2) is 5.19. The van der Waals surface area contributed by atoms with Crippen LogP contribution in [-0.4, -0.2) is 19.1 Å². The summed E-state index contributed by atoms with van der Waals surface area (Å²) in [5.41, 5.74) is 0.617. The van der Waals surface area contributed by atoms with E-state index in [1.807, 2.05) is 0 Å². The van der Waals surface area contributed by atoms with E-state index in [1.165, 1.54) is 19.2 Å². The average molecular weight is 265 g/mol. The molecule has 1 fully saturated rings. The lowest BCUT2D eigenvalue weighted by atomic mass is 9.92. The standard InChI is InChI=1S/C15H20FNO2/c1-15(2)7-6-11(9-15)17-14(18)10-4-5-13(19-3)12(16)8-10/h4-5,8,11H,6-7,9H2,1-3H3,(H,17,18). The van der Waals surface area contributed by atoms with Gasteiger partial charge < -0.3 is 10.1 Å². The summed E-state index contributed by atoms with van der Waals surface area (Å²) in [5.74, 6) is -0.579. The zero-order valence-corrected chi connectivity index (χ0v) is 11.6. The van der Waals surface area contributed by atoms with Crippen molar-refractivity contribution in [1.29, 1.82) is 0 Å². The predicted molar refractivity (Wildman–Crippen MR) is 71.8 cm³/mol. The molecule has 0 aliphatic heterocycles. The third-order valence-electron chi connectivity index (χ3n) is 3.72. The van der Waals surface area contributed by atoms with E-state index >= 15 is 0 Å². The van der Waals surface area contributed by atoms with E-state index in [0.717, 1.165) is 19.3 Å². The molecule has 0 bridgehead atoms. The van der Waals surface area contributed by atoms with Crippen LogP contribution in [0.2, 0.25) is 0 Å². The monoisotopic (exact) mass is 265 g/mol. The van der Waals surface area contributed by atoms with Gasteiger partial charge in [0.05, 0.1) is 7.11 Å². The Kier molecular flexibility index (Phi) is 3.78. The van der Waals surface area contributed by atoms with Gasteiger partial charge in [0.25, 0.3) is 5.91 Å². The molecule has 0 radical (unpaired) electrons. The third-order valence-corrected chi connectivity index (χ3v) is 3.72. The van der Waals surface area contributed by atoms with E-state index in [1.54, 1.807) is 6.07 Å². The van der Waals surface area contributed by atoms with Gasteiger partial charge in [0.2, 0.25) is 0 Å². The van der Waals surface area contributed by atoms with Crippen molar-refractivity contribution in [3.8, 4) is 5.75 Å². The van der Waals surface area contributed by atoms with E-state index in [0.29, 0.717) is 5.56 Å². The van der Waals surface area contributed by atoms with Crippen molar-refractivity contribution < 1.29 is 13.9 Å². The first-order chi connectivity index (χ1) is 8.91. The minimum Gasteiger partial charge on any atom is -0.494 e. The summed E-state index contributed by atoms with van der Waals surface area (Å²) in [5, 5.41) is 2.97. The number of methoxy groups -OCH3 is 1. The Labute approximate surface area is 113 Å². The van der Waals surface area contributed by atoms with Crippen molar-refractivity contribution >= 4 is 5.91 Å². The number of carbonyl (C=O) groups excluding carboxylic acids is 1. The summed E-state index contributed by atoms with van der Waals surface area (Å²) < 4.78 is 18.4. The van der Waals surface area contributed by atoms with Crippen LogP contribution in [0.3, 0.4) is 0 Å². The van der Waals surface area contributed by atoms with E-state index in [-0.39, 0.29) is 23.1 Å². The minimum absolute atomic E-state index is 0.151. The van der Waals surface area contributed by atoms with Crippen LogP contribution in [0, 0.1) is 11.2 Å². The fourth-order valence-electron chi connectivity index (χ4n) is 2.64. The first kappa shape index (κ1) is 13.8. The molecular weight excluding hydrogens is 245 g/mol. The van der Waals surface area contributed by atoms with Gasteiger partial charge >= 0.3 is 0 Å². The van der Waals surface area contributed by atoms with Gasteiger partial charge in [0.1, 0.15) is 0 Å². The summed E-state index contributed by atoms with van der Waals surface area (Å²) in [6.45, 7) is 4.40. The van der Waals surface area contributed by atoms with Crippen molar-refractivity contribution in [2.75, 3.05) is 7.11 Å². The van der Waals surface area contributed by atoms with Crippen LogP contribution in [0.25, 0.3) is 0 Å². The topological polar surface area (TPSA) is 38.3 Å². The number of hydrogen-bond donors (Lipinski definition) is 1. The second-order valence-electron chi connectivity index (χ2n) is 5.93. The molecule has 1 amide bonds. The number of carbonyl (C=O) groups is 1. The Morgan fingerprint density at radius 2 is 2.21 bits per heavy atom. The Morgan fingerprint density at radius 1 is 1.47 bits per heavy atom. The lowest BCUT2D eigenvalue weighted by Gasteiger charge is -2.18. The quantitative estimate of drug-likeness (QED) is 0.911. The molecule has 0 spiro atoms. The zero-order chi connectivity index (χ0) is 14.0. The molecule has 0 aromatic heterocycles. The minimum atomic E-state index is -0.512. The molecule has 1 atom stereocenters. The number of halogens is 1.